The van der Waals surface area contributed by atoms with E-state index in [1.54, 1.807) is 51.7 Å². The molecule has 0 unspecified atom stereocenters. The Kier molecular flexibility index (Phi) is 13.5. The number of hydrogen-bond donors (Lipinski definition) is 1. The van der Waals surface area contributed by atoms with Crippen molar-refractivity contribution in [2.24, 2.45) is 11.8 Å². The van der Waals surface area contributed by atoms with Crippen LogP contribution < -0.4 is 52.7 Å². The van der Waals surface area contributed by atoms with E-state index in [4.69, 9.17) is 52.1 Å². The molecule has 15 nitrogen and oxygen atoms in total. The fourth-order valence-electron chi connectivity index (χ4n) is 8.42. The van der Waals surface area contributed by atoms with Gasteiger partial charge in [0.15, 0.2) is 51.8 Å². The molecular weight excluding hydrogens is 803 g/mol. The van der Waals surface area contributed by atoms with E-state index in [9.17, 15) is 14.4 Å². The minimum atomic E-state index is -0.605. The van der Waals surface area contributed by atoms with E-state index in [2.05, 4.69) is 5.32 Å². The molecule has 15 heteroatoms. The second-order valence-corrected chi connectivity index (χ2v) is 14.8. The zero-order chi connectivity index (χ0) is 43.9. The number of nitrogens with one attached hydrogen (secondary N) is 1. The van der Waals surface area contributed by atoms with Gasteiger partial charge in [-0.25, -0.2) is 0 Å². The van der Waals surface area contributed by atoms with Gasteiger partial charge in [0.1, 0.15) is 0 Å². The molecule has 4 aromatic rings. The lowest BCUT2D eigenvalue weighted by Gasteiger charge is -2.39. The lowest BCUT2D eigenvalue weighted by molar-refractivity contribution is -0.141. The number of rotatable bonds is 19. The number of hydrogen-bond acceptors (Lipinski definition) is 14. The molecule has 4 aromatic carbocycles. The van der Waals surface area contributed by atoms with Crippen molar-refractivity contribution in [3.05, 3.63) is 88.5 Å². The van der Waals surface area contributed by atoms with Crippen LogP contribution in [0.4, 0.5) is 0 Å². The van der Waals surface area contributed by atoms with Gasteiger partial charge in [-0.2, -0.15) is 0 Å². The Hall–Kier alpha value is -6.77. The van der Waals surface area contributed by atoms with Crippen LogP contribution in [0, 0.1) is 11.8 Å². The van der Waals surface area contributed by atoms with Gasteiger partial charge in [-0.05, 0) is 96.1 Å². The molecule has 1 N–H and O–H groups in total. The van der Waals surface area contributed by atoms with Crippen LogP contribution in [0.3, 0.4) is 0 Å². The van der Waals surface area contributed by atoms with E-state index in [0.717, 1.165) is 28.7 Å². The van der Waals surface area contributed by atoms with Gasteiger partial charge < -0.3 is 57.4 Å². The number of amides is 1. The highest BCUT2D eigenvalue weighted by atomic mass is 16.7. The number of esters is 1. The monoisotopic (exact) mass is 853 g/mol. The summed E-state index contributed by atoms with van der Waals surface area (Å²) < 4.78 is 61.9. The molecule has 1 aliphatic carbocycles. The first-order valence-electron chi connectivity index (χ1n) is 20.2. The number of carbonyl (C=O) groups is 3. The Bertz CT molecular complexity index is 2290. The number of fused-ring (bicyclic) bond motifs is 3. The number of ketones is 1. The fourth-order valence-corrected chi connectivity index (χ4v) is 8.42. The molecule has 3 aliphatic rings. The third-order valence-corrected chi connectivity index (χ3v) is 11.4. The number of allylic oxidation sites excluding steroid dienone is 1. The van der Waals surface area contributed by atoms with Crippen LogP contribution in [0.1, 0.15) is 70.3 Å². The summed E-state index contributed by atoms with van der Waals surface area (Å²) in [4.78, 5) is 40.2. The van der Waals surface area contributed by atoms with Crippen molar-refractivity contribution in [3.8, 4) is 57.5 Å². The minimum Gasteiger partial charge on any atom is -0.493 e. The topological polar surface area (TPSA) is 165 Å². The molecule has 0 aromatic heterocycles. The molecule has 1 saturated heterocycles. The van der Waals surface area contributed by atoms with Gasteiger partial charge in [0.2, 0.25) is 24.2 Å². The average molecular weight is 854 g/mol. The lowest BCUT2D eigenvalue weighted by Crippen LogP contribution is -2.42. The smallest absolute Gasteiger partial charge is 0.310 e. The molecule has 0 bridgehead atoms. The third kappa shape index (κ3) is 8.70. The predicted octanol–water partition coefficient (Wildman–Crippen LogP) is 7.10. The lowest BCUT2D eigenvalue weighted by atomic mass is 9.65. The number of carbonyl (C=O) groups excluding carboxylic acids is 3. The van der Waals surface area contributed by atoms with Gasteiger partial charge in [0.05, 0.1) is 74.9 Å². The van der Waals surface area contributed by atoms with E-state index in [0.29, 0.717) is 82.5 Å². The highest BCUT2D eigenvalue weighted by Gasteiger charge is 2.53. The molecule has 1 fully saturated rings. The number of unbranched alkanes of at least 4 members (excludes halogenated alkanes) is 2. The third-order valence-electron chi connectivity index (χ3n) is 11.4. The molecule has 2 aliphatic heterocycles. The maximum atomic E-state index is 13.6. The zero-order valence-electron chi connectivity index (χ0n) is 35.8. The van der Waals surface area contributed by atoms with Crippen LogP contribution in [0.25, 0.3) is 6.08 Å². The van der Waals surface area contributed by atoms with Gasteiger partial charge in [-0.15, -0.1) is 0 Å². The maximum Gasteiger partial charge on any atom is 0.310 e. The molecule has 2 heterocycles. The maximum absolute atomic E-state index is 13.6. The number of benzene rings is 4. The van der Waals surface area contributed by atoms with Gasteiger partial charge >= 0.3 is 5.97 Å². The van der Waals surface area contributed by atoms with E-state index < -0.39 is 17.9 Å². The highest BCUT2D eigenvalue weighted by molar-refractivity contribution is 6.07. The van der Waals surface area contributed by atoms with Gasteiger partial charge in [-0.1, -0.05) is 12.1 Å². The normalized spacial score (nSPS) is 18.3. The van der Waals surface area contributed by atoms with Crippen molar-refractivity contribution in [2.45, 2.75) is 37.6 Å². The second kappa shape index (κ2) is 19.3. The van der Waals surface area contributed by atoms with E-state index in [-0.39, 0.29) is 43.4 Å². The molecule has 0 saturated carbocycles. The van der Waals surface area contributed by atoms with Gasteiger partial charge in [0.25, 0.3) is 0 Å². The zero-order valence-corrected chi connectivity index (χ0v) is 35.8. The Morgan fingerprint density at radius 1 is 0.677 bits per heavy atom. The van der Waals surface area contributed by atoms with Crippen molar-refractivity contribution in [3.63, 3.8) is 0 Å². The quantitative estimate of drug-likeness (QED) is 0.0439. The summed E-state index contributed by atoms with van der Waals surface area (Å²) in [5, 5.41) is 3.24. The molecule has 0 spiro atoms. The predicted molar refractivity (Wildman–Crippen MR) is 226 cm³/mol. The van der Waals surface area contributed by atoms with E-state index in [1.807, 2.05) is 30.3 Å². The second-order valence-electron chi connectivity index (χ2n) is 14.8. The van der Waals surface area contributed by atoms with Crippen molar-refractivity contribution in [1.29, 1.82) is 0 Å². The van der Waals surface area contributed by atoms with Crippen LogP contribution in [0.5, 0.6) is 57.5 Å². The summed E-state index contributed by atoms with van der Waals surface area (Å²) in [7, 11) is 10.7. The van der Waals surface area contributed by atoms with Crippen molar-refractivity contribution >= 4 is 23.7 Å². The number of cyclic esters (lactones) is 1. The summed E-state index contributed by atoms with van der Waals surface area (Å²) in [6.07, 6.45) is 5.47. The first-order valence-corrected chi connectivity index (χ1v) is 20.2. The van der Waals surface area contributed by atoms with Crippen LogP contribution >= 0.6 is 0 Å². The SMILES string of the molecule is COc1cc(/C=C/C(=O)c2cc(OC)c(OC)c(OC)c2)ccc1OCCCCCC(=O)N[C@@H]1c2cc3c(cc2[C@@H](c2cc(OC)c(OC)c(OC)c2)[C@H]2C(=O)OC[C@@H]21)OCO3. The summed E-state index contributed by atoms with van der Waals surface area (Å²) in [6.45, 7) is 0.621. The van der Waals surface area contributed by atoms with E-state index >= 15 is 0 Å². The molecule has 1 amide bonds. The van der Waals surface area contributed by atoms with E-state index in [1.165, 1.54) is 34.5 Å². The van der Waals surface area contributed by atoms with Gasteiger partial charge in [0, 0.05) is 23.8 Å². The Morgan fingerprint density at radius 3 is 1.90 bits per heavy atom. The average Bonchev–Trinajstić information content (AvgIpc) is 3.93. The number of ether oxygens (including phenoxy) is 11. The summed E-state index contributed by atoms with van der Waals surface area (Å²) in [6, 6.07) is 15.6. The largest absolute Gasteiger partial charge is 0.493 e. The first-order chi connectivity index (χ1) is 30.2. The molecular formula is C47H51NO14. The van der Waals surface area contributed by atoms with Crippen molar-refractivity contribution in [2.75, 3.05) is 69.8 Å². The molecule has 4 atom stereocenters. The standard InChI is InChI=1S/C47H51NO14/c1-52-34-17-26(12-14-32(49)27-18-37(53-2)45(57-6)38(19-27)54-3)13-15-33(34)59-16-10-8-9-11-41(50)48-44-30-23-36-35(61-25-62-36)22-29(30)42(43-31(44)24-60-47(43)51)28-20-39(55-4)46(58-7)40(21-28)56-5/h12-15,17-23,31,42-44H,8-11,16,24-25H2,1-7H3,(H,48,50)/b14-12+/t31-,42+,43-,44+/m0/s1. The summed E-state index contributed by atoms with van der Waals surface area (Å²) in [5.41, 5.74) is 3.53. The molecule has 328 valence electrons. The van der Waals surface area contributed by atoms with Crippen LogP contribution in [-0.2, 0) is 14.3 Å². The van der Waals surface area contributed by atoms with Crippen LogP contribution in [0.2, 0.25) is 0 Å². The van der Waals surface area contributed by atoms with Crippen molar-refractivity contribution < 1.29 is 66.5 Å². The first kappa shape index (κ1) is 43.3. The highest BCUT2D eigenvalue weighted by Crippen LogP contribution is 2.55. The number of methoxy groups -OCH3 is 7. The molecule has 62 heavy (non-hydrogen) atoms. The summed E-state index contributed by atoms with van der Waals surface area (Å²) >= 11 is 0. The van der Waals surface area contributed by atoms with Crippen LogP contribution in [-0.4, -0.2) is 87.4 Å². The molecule has 0 radical (unpaired) electrons. The van der Waals surface area contributed by atoms with Crippen LogP contribution in [0.15, 0.2) is 60.7 Å². The Balaban J connectivity index is 0.970. The Morgan fingerprint density at radius 2 is 1.29 bits per heavy atom. The van der Waals surface area contributed by atoms with Gasteiger partial charge in [-0.3, -0.25) is 14.4 Å². The summed E-state index contributed by atoms with van der Waals surface area (Å²) in [5.74, 6) is 2.57. The Labute approximate surface area is 360 Å². The minimum absolute atomic E-state index is 0.0690. The fraction of sp³-hybridized carbons (Fsp3) is 0.383. The molecule has 7 rings (SSSR count). The van der Waals surface area contributed by atoms with Crippen molar-refractivity contribution in [1.82, 2.24) is 5.32 Å².